The van der Waals surface area contributed by atoms with E-state index in [1.807, 2.05) is 43.0 Å². The highest BCUT2D eigenvalue weighted by molar-refractivity contribution is 5.95. The Bertz CT molecular complexity index is 1170. The third-order valence-corrected chi connectivity index (χ3v) is 7.45. The van der Waals surface area contributed by atoms with Crippen molar-refractivity contribution in [1.82, 2.24) is 15.2 Å². The average Bonchev–Trinajstić information content (AvgIpc) is 3.38. The molecule has 186 valence electrons. The van der Waals surface area contributed by atoms with Gasteiger partial charge in [0.25, 0.3) is 5.91 Å². The van der Waals surface area contributed by atoms with Crippen LogP contribution in [0.4, 0.5) is 5.82 Å². The van der Waals surface area contributed by atoms with E-state index in [0.717, 1.165) is 42.5 Å². The van der Waals surface area contributed by atoms with Crippen LogP contribution in [-0.2, 0) is 4.79 Å². The molecule has 4 atom stereocenters. The van der Waals surface area contributed by atoms with Crippen LogP contribution < -0.4 is 15.4 Å². The number of ether oxygens (including phenoxy) is 1. The Balaban J connectivity index is 0.00000190. The number of piperidine rings is 1. The molecule has 35 heavy (non-hydrogen) atoms. The first-order valence-electron chi connectivity index (χ1n) is 12.3. The highest BCUT2D eigenvalue weighted by atomic mass is 16.5. The van der Waals surface area contributed by atoms with Gasteiger partial charge in [0, 0.05) is 40.8 Å². The van der Waals surface area contributed by atoms with Gasteiger partial charge < -0.3 is 20.3 Å². The molecule has 2 aromatic rings. The number of carbonyl (C=O) groups excluding carboxylic acids is 2. The van der Waals surface area contributed by atoms with E-state index in [-0.39, 0.29) is 20.6 Å². The largest absolute Gasteiger partial charge is 0.497 e. The van der Waals surface area contributed by atoms with Gasteiger partial charge in [-0.05, 0) is 67.0 Å². The predicted octanol–water partition coefficient (Wildman–Crippen LogP) is 4.47. The summed E-state index contributed by atoms with van der Waals surface area (Å²) < 4.78 is 5.26. The average molecular weight is 477 g/mol. The molecule has 1 aromatic heterocycles. The molecule has 0 bridgehead atoms. The molecule has 2 fully saturated rings. The Kier molecular flexibility index (Phi) is 6.32. The molecule has 2 aliphatic carbocycles. The lowest BCUT2D eigenvalue weighted by molar-refractivity contribution is -0.133. The zero-order chi connectivity index (χ0) is 24.5. The number of rotatable bonds is 7. The van der Waals surface area contributed by atoms with Crippen molar-refractivity contribution in [2.75, 3.05) is 32.1 Å². The van der Waals surface area contributed by atoms with E-state index in [4.69, 9.17) is 4.74 Å². The van der Waals surface area contributed by atoms with Gasteiger partial charge in [0.05, 0.1) is 18.6 Å². The molecule has 0 radical (unpaired) electrons. The number of methoxy groups -OCH3 is 1. The fraction of sp³-hybridized carbons (Fsp3) is 0.393. The van der Waals surface area contributed by atoms with E-state index >= 15 is 0 Å². The maximum absolute atomic E-state index is 13.3. The van der Waals surface area contributed by atoms with Gasteiger partial charge in [0.2, 0.25) is 5.91 Å². The summed E-state index contributed by atoms with van der Waals surface area (Å²) in [6.45, 7) is 6.34. The Morgan fingerprint density at radius 3 is 2.51 bits per heavy atom. The monoisotopic (exact) mass is 476 g/mol. The third kappa shape index (κ3) is 4.67. The van der Waals surface area contributed by atoms with Gasteiger partial charge in [-0.15, -0.1) is 0 Å². The van der Waals surface area contributed by atoms with Crippen LogP contribution in [0, 0.1) is 17.8 Å². The Hall–Kier alpha value is -3.61. The molecule has 0 spiro atoms. The maximum Gasteiger partial charge on any atom is 0.256 e. The van der Waals surface area contributed by atoms with E-state index in [9.17, 15) is 9.59 Å². The summed E-state index contributed by atoms with van der Waals surface area (Å²) >= 11 is 0. The van der Waals surface area contributed by atoms with Crippen molar-refractivity contribution in [3.8, 4) is 5.75 Å². The Morgan fingerprint density at radius 1 is 1.14 bits per heavy atom. The van der Waals surface area contributed by atoms with Gasteiger partial charge in [0.15, 0.2) is 0 Å². The third-order valence-electron chi connectivity index (χ3n) is 7.45. The van der Waals surface area contributed by atoms with Crippen molar-refractivity contribution in [2.24, 2.45) is 17.8 Å². The highest BCUT2D eigenvalue weighted by Gasteiger charge is 2.57. The van der Waals surface area contributed by atoms with Crippen LogP contribution in [0.15, 0.2) is 66.0 Å². The van der Waals surface area contributed by atoms with Crippen molar-refractivity contribution in [1.29, 1.82) is 0 Å². The van der Waals surface area contributed by atoms with Crippen LogP contribution in [0.1, 0.15) is 45.0 Å². The molecule has 5 rings (SSSR count). The number of amides is 2. The smallest absolute Gasteiger partial charge is 0.256 e. The van der Waals surface area contributed by atoms with Crippen LogP contribution in [-0.4, -0.2) is 48.4 Å². The molecule has 1 aliphatic heterocycles. The second-order valence-corrected chi connectivity index (χ2v) is 9.62. The second-order valence-electron chi connectivity index (χ2n) is 9.62. The predicted molar refractivity (Wildman–Crippen MR) is 139 cm³/mol. The van der Waals surface area contributed by atoms with Gasteiger partial charge in [-0.25, -0.2) is 4.98 Å². The molecule has 2 unspecified atom stereocenters. The molecular weight excluding hydrogens is 440 g/mol. The number of allylic oxidation sites excluding steroid dienone is 3. The summed E-state index contributed by atoms with van der Waals surface area (Å²) in [5.41, 5.74) is 3.60. The van der Waals surface area contributed by atoms with Crippen LogP contribution in [0.2, 0.25) is 0 Å². The molecule has 3 aliphatic rings. The molecule has 1 saturated carbocycles. The van der Waals surface area contributed by atoms with Crippen LogP contribution in [0.3, 0.4) is 0 Å². The molecular formula is C28H36N4O3. The minimum absolute atomic E-state index is 0. The molecule has 1 saturated heterocycles. The first-order chi connectivity index (χ1) is 17.0. The highest BCUT2D eigenvalue weighted by Crippen LogP contribution is 2.58. The van der Waals surface area contributed by atoms with Crippen LogP contribution in [0.25, 0.3) is 0 Å². The summed E-state index contributed by atoms with van der Waals surface area (Å²) in [5.74, 6) is 2.91. The maximum atomic E-state index is 13.3. The number of nitrogens with zero attached hydrogens (tertiary/aromatic N) is 2. The lowest BCUT2D eigenvalue weighted by Crippen LogP contribution is -2.37. The van der Waals surface area contributed by atoms with E-state index in [0.29, 0.717) is 29.7 Å². The Morgan fingerprint density at radius 2 is 1.89 bits per heavy atom. The van der Waals surface area contributed by atoms with E-state index in [1.54, 1.807) is 25.4 Å². The number of hydrogen-bond acceptors (Lipinski definition) is 5. The summed E-state index contributed by atoms with van der Waals surface area (Å²) in [7, 11) is 1.68. The summed E-state index contributed by atoms with van der Waals surface area (Å²) in [5, 5.41) is 6.14. The SMILES string of the molecule is CCNc1ccc(C(=O)NC2=C(C)C=CC(C(=O)N3C[C@@H]4C(c5ccc(OC)cc5)[C@@H]4C3)C2)cn1.[HH].[HH]. The summed E-state index contributed by atoms with van der Waals surface area (Å²) in [6.07, 6.45) is 6.00. The molecule has 1 aromatic carbocycles. The van der Waals surface area contributed by atoms with Crippen LogP contribution in [0.5, 0.6) is 5.75 Å². The van der Waals surface area contributed by atoms with E-state index < -0.39 is 0 Å². The summed E-state index contributed by atoms with van der Waals surface area (Å²) in [4.78, 5) is 32.4. The fourth-order valence-electron chi connectivity index (χ4n) is 5.41. The number of hydrogen-bond donors (Lipinski definition) is 2. The summed E-state index contributed by atoms with van der Waals surface area (Å²) in [6, 6.07) is 11.9. The molecule has 2 amide bonds. The minimum atomic E-state index is -0.250. The van der Waals surface area contributed by atoms with Gasteiger partial charge in [-0.1, -0.05) is 24.3 Å². The number of likely N-dealkylation sites (tertiary alicyclic amines) is 1. The van der Waals surface area contributed by atoms with Crippen molar-refractivity contribution < 1.29 is 17.2 Å². The van der Waals surface area contributed by atoms with Gasteiger partial charge in [0.1, 0.15) is 11.6 Å². The van der Waals surface area contributed by atoms with Gasteiger partial charge >= 0.3 is 0 Å². The molecule has 2 N–H and O–H groups in total. The lowest BCUT2D eigenvalue weighted by atomic mass is 9.92. The zero-order valence-corrected chi connectivity index (χ0v) is 20.5. The lowest BCUT2D eigenvalue weighted by Gasteiger charge is -2.27. The molecule has 2 heterocycles. The van der Waals surface area contributed by atoms with Crippen molar-refractivity contribution in [3.63, 3.8) is 0 Å². The second kappa shape index (κ2) is 9.56. The fourth-order valence-corrected chi connectivity index (χ4v) is 5.41. The standard InChI is InChI=1S/C28H32N4O3.2H2/c1-4-29-25-12-9-20(14-30-25)27(33)31-24-13-19(6-5-17(24)2)28(34)32-15-22-23(16-32)26(22)18-7-10-21(35-3)11-8-18;;/h5-12,14,19,22-23,26H,4,13,15-16H2,1-3H3,(H,29,30)(H,31,33);2*1H/t19?,22-,23+,26?;;. The number of aromatic nitrogens is 1. The van der Waals surface area contributed by atoms with E-state index in [1.165, 1.54) is 5.56 Å². The van der Waals surface area contributed by atoms with Crippen molar-refractivity contribution in [3.05, 3.63) is 77.1 Å². The van der Waals surface area contributed by atoms with Crippen LogP contribution >= 0.6 is 0 Å². The van der Waals surface area contributed by atoms with Crippen molar-refractivity contribution in [2.45, 2.75) is 26.2 Å². The van der Waals surface area contributed by atoms with Gasteiger partial charge in [-0.3, -0.25) is 9.59 Å². The molecule has 7 nitrogen and oxygen atoms in total. The first-order valence-corrected chi connectivity index (χ1v) is 12.3. The topological polar surface area (TPSA) is 83.6 Å². The number of carbonyl (C=O) groups is 2. The van der Waals surface area contributed by atoms with Crippen molar-refractivity contribution >= 4 is 17.6 Å². The minimum Gasteiger partial charge on any atom is -0.497 e. The number of anilines is 1. The normalized spacial score (nSPS) is 24.7. The Labute approximate surface area is 209 Å². The number of fused-ring (bicyclic) bond motifs is 1. The zero-order valence-electron chi connectivity index (χ0n) is 20.5. The molecule has 7 heteroatoms. The van der Waals surface area contributed by atoms with E-state index in [2.05, 4.69) is 27.8 Å². The number of benzene rings is 1. The quantitative estimate of drug-likeness (QED) is 0.616. The van der Waals surface area contributed by atoms with Gasteiger partial charge in [-0.2, -0.15) is 0 Å². The number of pyridine rings is 1. The number of nitrogens with one attached hydrogen (secondary N) is 2. The first kappa shape index (κ1) is 23.1.